The number of aromatic nitrogens is 3. The lowest BCUT2D eigenvalue weighted by molar-refractivity contribution is 0.526. The number of fused-ring (bicyclic) bond motifs is 1. The van der Waals surface area contributed by atoms with Gasteiger partial charge < -0.3 is 10.3 Å². The van der Waals surface area contributed by atoms with Crippen molar-refractivity contribution in [1.82, 2.24) is 14.5 Å². The van der Waals surface area contributed by atoms with Crippen LogP contribution in [0.1, 0.15) is 36.0 Å². The second-order valence-electron chi connectivity index (χ2n) is 4.82. The Morgan fingerprint density at radius 1 is 1.32 bits per heavy atom. The maximum atomic E-state index is 12.1. The van der Waals surface area contributed by atoms with Crippen molar-refractivity contribution in [2.45, 2.75) is 31.8 Å². The van der Waals surface area contributed by atoms with Crippen LogP contribution in [-0.2, 0) is 13.0 Å². The molecule has 19 heavy (non-hydrogen) atoms. The highest BCUT2D eigenvalue weighted by Crippen LogP contribution is 2.26. The second-order valence-corrected chi connectivity index (χ2v) is 4.82. The maximum absolute atomic E-state index is 12.1. The lowest BCUT2D eigenvalue weighted by atomic mass is 9.91. The third-order valence-electron chi connectivity index (χ3n) is 3.58. The van der Waals surface area contributed by atoms with E-state index in [1.807, 2.05) is 6.07 Å². The van der Waals surface area contributed by atoms with Crippen molar-refractivity contribution in [1.29, 1.82) is 0 Å². The van der Waals surface area contributed by atoms with E-state index in [1.54, 1.807) is 29.1 Å². The molecule has 0 bridgehead atoms. The molecule has 5 heteroatoms. The van der Waals surface area contributed by atoms with E-state index in [-0.39, 0.29) is 11.6 Å². The SMILES string of the molecule is NC1CCCc2c1ccc(=O)n2Cc1ncccn1. The Morgan fingerprint density at radius 2 is 2.11 bits per heavy atom. The first-order valence-corrected chi connectivity index (χ1v) is 6.50. The Bertz CT molecular complexity index is 636. The Hall–Kier alpha value is -2.01. The zero-order valence-corrected chi connectivity index (χ0v) is 10.6. The molecule has 0 aromatic carbocycles. The summed E-state index contributed by atoms with van der Waals surface area (Å²) >= 11 is 0. The summed E-state index contributed by atoms with van der Waals surface area (Å²) in [5.41, 5.74) is 8.22. The molecule has 1 aliphatic carbocycles. The predicted octanol–water partition coefficient (Wildman–Crippen LogP) is 1.02. The summed E-state index contributed by atoms with van der Waals surface area (Å²) in [6, 6.07) is 5.26. The van der Waals surface area contributed by atoms with Gasteiger partial charge in [-0.05, 0) is 30.9 Å². The highest BCUT2D eigenvalue weighted by atomic mass is 16.1. The van der Waals surface area contributed by atoms with Crippen molar-refractivity contribution in [3.63, 3.8) is 0 Å². The smallest absolute Gasteiger partial charge is 0.251 e. The molecule has 0 saturated heterocycles. The van der Waals surface area contributed by atoms with E-state index >= 15 is 0 Å². The Balaban J connectivity index is 2.06. The van der Waals surface area contributed by atoms with Crippen molar-refractivity contribution < 1.29 is 0 Å². The van der Waals surface area contributed by atoms with Gasteiger partial charge in [0.15, 0.2) is 0 Å². The topological polar surface area (TPSA) is 73.8 Å². The van der Waals surface area contributed by atoms with Crippen LogP contribution in [0.15, 0.2) is 35.4 Å². The fourth-order valence-corrected chi connectivity index (χ4v) is 2.62. The Kier molecular flexibility index (Phi) is 3.13. The molecule has 1 aliphatic rings. The largest absolute Gasteiger partial charge is 0.324 e. The molecule has 2 aromatic rings. The number of hydrogen-bond donors (Lipinski definition) is 1. The quantitative estimate of drug-likeness (QED) is 0.870. The van der Waals surface area contributed by atoms with Crippen LogP contribution in [0.25, 0.3) is 0 Å². The lowest BCUT2D eigenvalue weighted by Crippen LogP contribution is -2.30. The van der Waals surface area contributed by atoms with E-state index in [1.165, 1.54) is 0 Å². The van der Waals surface area contributed by atoms with Gasteiger partial charge in [-0.2, -0.15) is 0 Å². The van der Waals surface area contributed by atoms with Gasteiger partial charge >= 0.3 is 0 Å². The molecular formula is C14H16N4O. The van der Waals surface area contributed by atoms with Crippen LogP contribution in [-0.4, -0.2) is 14.5 Å². The van der Waals surface area contributed by atoms with Crippen LogP contribution in [0.3, 0.4) is 0 Å². The third-order valence-corrected chi connectivity index (χ3v) is 3.58. The van der Waals surface area contributed by atoms with E-state index < -0.39 is 0 Å². The molecule has 2 heterocycles. The molecule has 1 atom stereocenters. The fourth-order valence-electron chi connectivity index (χ4n) is 2.62. The highest BCUT2D eigenvalue weighted by Gasteiger charge is 2.20. The summed E-state index contributed by atoms with van der Waals surface area (Å²) in [5.74, 6) is 0.650. The molecule has 3 rings (SSSR count). The molecule has 0 amide bonds. The summed E-state index contributed by atoms with van der Waals surface area (Å²) in [5, 5.41) is 0. The highest BCUT2D eigenvalue weighted by molar-refractivity contribution is 5.27. The molecule has 5 nitrogen and oxygen atoms in total. The zero-order chi connectivity index (χ0) is 13.2. The monoisotopic (exact) mass is 256 g/mol. The van der Waals surface area contributed by atoms with Gasteiger partial charge in [-0.15, -0.1) is 0 Å². The maximum Gasteiger partial charge on any atom is 0.251 e. The van der Waals surface area contributed by atoms with E-state index in [2.05, 4.69) is 9.97 Å². The van der Waals surface area contributed by atoms with Crippen LogP contribution in [0, 0.1) is 0 Å². The minimum Gasteiger partial charge on any atom is -0.324 e. The summed E-state index contributed by atoms with van der Waals surface area (Å²) in [6.07, 6.45) is 6.27. The van der Waals surface area contributed by atoms with Gasteiger partial charge in [-0.1, -0.05) is 6.07 Å². The van der Waals surface area contributed by atoms with Crippen LogP contribution in [0.4, 0.5) is 0 Å². The molecular weight excluding hydrogens is 240 g/mol. The first-order chi connectivity index (χ1) is 9.25. The van der Waals surface area contributed by atoms with Crippen molar-refractivity contribution in [2.75, 3.05) is 0 Å². The van der Waals surface area contributed by atoms with Gasteiger partial charge in [0.2, 0.25) is 0 Å². The van der Waals surface area contributed by atoms with Crippen molar-refractivity contribution in [3.05, 3.63) is 58.0 Å². The van der Waals surface area contributed by atoms with Gasteiger partial charge in [0, 0.05) is 30.2 Å². The molecule has 0 radical (unpaired) electrons. The minimum absolute atomic E-state index is 0.0136. The molecule has 0 saturated carbocycles. The Morgan fingerprint density at radius 3 is 2.89 bits per heavy atom. The van der Waals surface area contributed by atoms with Gasteiger partial charge in [0.25, 0.3) is 5.56 Å². The van der Waals surface area contributed by atoms with Crippen molar-refractivity contribution in [2.24, 2.45) is 5.73 Å². The standard InChI is InChI=1S/C14H16N4O/c15-11-3-1-4-12-10(11)5-6-14(19)18(12)9-13-16-7-2-8-17-13/h2,5-8,11H,1,3-4,9,15H2. The first-order valence-electron chi connectivity index (χ1n) is 6.50. The lowest BCUT2D eigenvalue weighted by Gasteiger charge is -2.25. The number of nitrogens with two attached hydrogens (primary N) is 1. The van der Waals surface area contributed by atoms with E-state index in [4.69, 9.17) is 5.73 Å². The van der Waals surface area contributed by atoms with Gasteiger partial charge in [-0.25, -0.2) is 9.97 Å². The summed E-state index contributed by atoms with van der Waals surface area (Å²) in [4.78, 5) is 20.4. The number of pyridine rings is 1. The molecule has 0 fully saturated rings. The second kappa shape index (κ2) is 4.93. The molecule has 2 aromatic heterocycles. The van der Waals surface area contributed by atoms with E-state index in [0.717, 1.165) is 30.5 Å². The summed E-state index contributed by atoms with van der Waals surface area (Å²) in [7, 11) is 0. The van der Waals surface area contributed by atoms with E-state index in [9.17, 15) is 4.79 Å². The Labute approximate surface area is 111 Å². The van der Waals surface area contributed by atoms with Gasteiger partial charge in [0.05, 0.1) is 6.54 Å². The van der Waals surface area contributed by atoms with Gasteiger partial charge in [0.1, 0.15) is 5.82 Å². The normalized spacial score (nSPS) is 18.1. The summed E-state index contributed by atoms with van der Waals surface area (Å²) in [6.45, 7) is 0.412. The summed E-state index contributed by atoms with van der Waals surface area (Å²) < 4.78 is 1.75. The van der Waals surface area contributed by atoms with Crippen LogP contribution < -0.4 is 11.3 Å². The van der Waals surface area contributed by atoms with Crippen LogP contribution in [0.5, 0.6) is 0 Å². The molecule has 2 N–H and O–H groups in total. The first kappa shape index (κ1) is 12.0. The van der Waals surface area contributed by atoms with Crippen molar-refractivity contribution >= 4 is 0 Å². The van der Waals surface area contributed by atoms with Crippen LogP contribution in [0.2, 0.25) is 0 Å². The third kappa shape index (κ3) is 2.29. The van der Waals surface area contributed by atoms with Crippen LogP contribution >= 0.6 is 0 Å². The molecule has 98 valence electrons. The number of hydrogen-bond acceptors (Lipinski definition) is 4. The van der Waals surface area contributed by atoms with Gasteiger partial charge in [-0.3, -0.25) is 4.79 Å². The average molecular weight is 256 g/mol. The number of nitrogens with zero attached hydrogens (tertiary/aromatic N) is 3. The minimum atomic E-state index is -0.0136. The molecule has 0 spiro atoms. The van der Waals surface area contributed by atoms with Crippen molar-refractivity contribution in [3.8, 4) is 0 Å². The predicted molar refractivity (Wildman–Crippen MR) is 71.7 cm³/mol. The zero-order valence-electron chi connectivity index (χ0n) is 10.6. The molecule has 1 unspecified atom stereocenters. The fraction of sp³-hybridized carbons (Fsp3) is 0.357. The van der Waals surface area contributed by atoms with E-state index in [0.29, 0.717) is 12.4 Å². The average Bonchev–Trinajstić information content (AvgIpc) is 2.43. The molecule has 0 aliphatic heterocycles. The number of rotatable bonds is 2.